The second kappa shape index (κ2) is 8.06. The summed E-state index contributed by atoms with van der Waals surface area (Å²) < 4.78 is 7.72. The van der Waals surface area contributed by atoms with Crippen LogP contribution in [-0.2, 0) is 11.5 Å². The predicted molar refractivity (Wildman–Crippen MR) is 110 cm³/mol. The van der Waals surface area contributed by atoms with Crippen molar-refractivity contribution in [2.45, 2.75) is 19.5 Å². The summed E-state index contributed by atoms with van der Waals surface area (Å²) >= 11 is 9.29. The van der Waals surface area contributed by atoms with Crippen LogP contribution in [0.15, 0.2) is 50.2 Å². The smallest absolute Gasteiger partial charge is 0.408 e. The van der Waals surface area contributed by atoms with Gasteiger partial charge in [-0.15, -0.1) is 0 Å². The second-order valence-electron chi connectivity index (χ2n) is 6.82. The quantitative estimate of drug-likeness (QED) is 0.635. The Balaban J connectivity index is 1.45. The molecule has 1 saturated heterocycles. The van der Waals surface area contributed by atoms with Gasteiger partial charge >= 0.3 is 5.76 Å². The SMILES string of the molecule is O=C(Nc1ccc(Br)cn1)C1CCCN(Cn2c(=O)oc3cc(Cl)ccc32)C1. The van der Waals surface area contributed by atoms with Gasteiger partial charge in [-0.3, -0.25) is 14.3 Å². The molecule has 1 aromatic carbocycles. The van der Waals surface area contributed by atoms with E-state index in [1.807, 2.05) is 6.07 Å². The van der Waals surface area contributed by atoms with Gasteiger partial charge in [0, 0.05) is 28.3 Å². The van der Waals surface area contributed by atoms with Crippen molar-refractivity contribution >= 4 is 50.4 Å². The highest BCUT2D eigenvalue weighted by molar-refractivity contribution is 9.10. The number of hydrogen-bond donors (Lipinski definition) is 1. The number of anilines is 1. The fraction of sp³-hybridized carbons (Fsp3) is 0.316. The van der Waals surface area contributed by atoms with Crippen LogP contribution in [0, 0.1) is 5.92 Å². The van der Waals surface area contributed by atoms with Gasteiger partial charge in [0.15, 0.2) is 5.58 Å². The van der Waals surface area contributed by atoms with Crippen LogP contribution in [0.3, 0.4) is 0 Å². The summed E-state index contributed by atoms with van der Waals surface area (Å²) in [4.78, 5) is 31.1. The zero-order valence-corrected chi connectivity index (χ0v) is 17.2. The number of amides is 1. The maximum Gasteiger partial charge on any atom is 0.421 e. The summed E-state index contributed by atoms with van der Waals surface area (Å²) in [6.07, 6.45) is 3.32. The van der Waals surface area contributed by atoms with Gasteiger partial charge in [-0.25, -0.2) is 9.78 Å². The second-order valence-corrected chi connectivity index (χ2v) is 8.17. The summed E-state index contributed by atoms with van der Waals surface area (Å²) in [7, 11) is 0. The Bertz CT molecular complexity index is 1060. The lowest BCUT2D eigenvalue weighted by Gasteiger charge is -2.31. The fourth-order valence-corrected chi connectivity index (χ4v) is 3.85. The normalized spacial score (nSPS) is 17.7. The molecule has 146 valence electrons. The molecule has 1 aliphatic heterocycles. The molecule has 3 heterocycles. The van der Waals surface area contributed by atoms with Gasteiger partial charge in [0.25, 0.3) is 0 Å². The van der Waals surface area contributed by atoms with E-state index in [1.165, 1.54) is 0 Å². The Morgan fingerprint density at radius 2 is 2.21 bits per heavy atom. The van der Waals surface area contributed by atoms with Crippen LogP contribution in [0.2, 0.25) is 5.02 Å². The Morgan fingerprint density at radius 1 is 1.36 bits per heavy atom. The number of likely N-dealkylation sites (tertiary alicyclic amines) is 1. The Hall–Kier alpha value is -2.16. The molecule has 1 atom stereocenters. The van der Waals surface area contributed by atoms with Gasteiger partial charge in [-0.1, -0.05) is 11.6 Å². The molecule has 4 rings (SSSR count). The summed E-state index contributed by atoms with van der Waals surface area (Å²) in [6, 6.07) is 8.72. The highest BCUT2D eigenvalue weighted by atomic mass is 79.9. The molecular weight excluding hydrogens is 448 g/mol. The van der Waals surface area contributed by atoms with Gasteiger partial charge in [0.2, 0.25) is 5.91 Å². The molecule has 1 N–H and O–H groups in total. The first-order valence-corrected chi connectivity index (χ1v) is 10.1. The molecule has 0 saturated carbocycles. The molecule has 0 spiro atoms. The Labute approximate surface area is 174 Å². The lowest BCUT2D eigenvalue weighted by atomic mass is 9.97. The number of rotatable bonds is 4. The first kappa shape index (κ1) is 19.2. The predicted octanol–water partition coefficient (Wildman–Crippen LogP) is 3.71. The van der Waals surface area contributed by atoms with Crippen molar-refractivity contribution in [3.8, 4) is 0 Å². The van der Waals surface area contributed by atoms with Gasteiger partial charge in [-0.05, 0) is 59.6 Å². The maximum absolute atomic E-state index is 12.6. The van der Waals surface area contributed by atoms with E-state index < -0.39 is 5.76 Å². The maximum atomic E-state index is 12.6. The van der Waals surface area contributed by atoms with Crippen molar-refractivity contribution in [1.82, 2.24) is 14.5 Å². The van der Waals surface area contributed by atoms with Crippen molar-refractivity contribution in [2.75, 3.05) is 18.4 Å². The number of halogens is 2. The lowest BCUT2D eigenvalue weighted by molar-refractivity contribution is -0.121. The van der Waals surface area contributed by atoms with E-state index in [-0.39, 0.29) is 11.8 Å². The number of benzene rings is 1. The largest absolute Gasteiger partial charge is 0.421 e. The van der Waals surface area contributed by atoms with E-state index in [0.29, 0.717) is 35.2 Å². The number of carbonyl (C=O) groups is 1. The van der Waals surface area contributed by atoms with Crippen LogP contribution in [0.1, 0.15) is 12.8 Å². The third-order valence-corrected chi connectivity index (χ3v) is 5.53. The van der Waals surface area contributed by atoms with Gasteiger partial charge in [-0.2, -0.15) is 0 Å². The first-order chi connectivity index (χ1) is 13.5. The minimum atomic E-state index is -0.428. The highest BCUT2D eigenvalue weighted by Crippen LogP contribution is 2.22. The zero-order chi connectivity index (χ0) is 19.7. The number of nitrogens with zero attached hydrogens (tertiary/aromatic N) is 3. The molecule has 3 aromatic rings. The van der Waals surface area contributed by atoms with Crippen molar-refractivity contribution in [2.24, 2.45) is 5.92 Å². The van der Waals surface area contributed by atoms with Gasteiger partial charge in [0.1, 0.15) is 5.82 Å². The monoisotopic (exact) mass is 464 g/mol. The molecular formula is C19H18BrClN4O3. The molecule has 1 fully saturated rings. The molecule has 1 amide bonds. The summed E-state index contributed by atoms with van der Waals surface area (Å²) in [5.41, 5.74) is 1.16. The number of fused-ring (bicyclic) bond motifs is 1. The van der Waals surface area contributed by atoms with Crippen LogP contribution in [0.5, 0.6) is 0 Å². The minimum absolute atomic E-state index is 0.0595. The standard InChI is InChI=1S/C19H18BrClN4O3/c20-13-3-6-17(22-9-13)23-18(26)12-2-1-7-24(10-12)11-25-15-5-4-14(21)8-16(15)28-19(25)27/h3-6,8-9,12H,1-2,7,10-11H2,(H,22,23,26). The van der Waals surface area contributed by atoms with Crippen LogP contribution < -0.4 is 11.1 Å². The molecule has 2 aromatic heterocycles. The van der Waals surface area contributed by atoms with Gasteiger partial charge in [0.05, 0.1) is 18.1 Å². The number of carbonyl (C=O) groups excluding carboxylic acids is 1. The Morgan fingerprint density at radius 3 is 3.00 bits per heavy atom. The Kier molecular flexibility index (Phi) is 5.52. The van der Waals surface area contributed by atoms with E-state index in [1.54, 1.807) is 35.0 Å². The number of aromatic nitrogens is 2. The molecule has 0 radical (unpaired) electrons. The average molecular weight is 466 g/mol. The summed E-state index contributed by atoms with van der Waals surface area (Å²) in [6.45, 7) is 1.75. The molecule has 7 nitrogen and oxygen atoms in total. The first-order valence-electron chi connectivity index (χ1n) is 8.93. The van der Waals surface area contributed by atoms with Gasteiger partial charge < -0.3 is 9.73 Å². The number of nitrogens with one attached hydrogen (secondary N) is 1. The van der Waals surface area contributed by atoms with Crippen LogP contribution in [0.4, 0.5) is 5.82 Å². The van der Waals surface area contributed by atoms with Crippen molar-refractivity contribution in [1.29, 1.82) is 0 Å². The molecule has 0 bridgehead atoms. The van der Waals surface area contributed by atoms with Crippen molar-refractivity contribution < 1.29 is 9.21 Å². The number of oxazole rings is 1. The third kappa shape index (κ3) is 4.14. The van der Waals surface area contributed by atoms with E-state index in [0.717, 1.165) is 23.9 Å². The molecule has 9 heteroatoms. The minimum Gasteiger partial charge on any atom is -0.408 e. The van der Waals surface area contributed by atoms with Crippen molar-refractivity contribution in [3.63, 3.8) is 0 Å². The van der Waals surface area contributed by atoms with Crippen LogP contribution in [-0.4, -0.2) is 33.4 Å². The summed E-state index contributed by atoms with van der Waals surface area (Å²) in [5, 5.41) is 3.38. The number of piperidine rings is 1. The topological polar surface area (TPSA) is 80.4 Å². The summed E-state index contributed by atoms with van der Waals surface area (Å²) in [5.74, 6) is -0.125. The van der Waals surface area contributed by atoms with E-state index in [2.05, 4.69) is 31.1 Å². The average Bonchev–Trinajstić information content (AvgIpc) is 2.98. The lowest BCUT2D eigenvalue weighted by Crippen LogP contribution is -2.42. The highest BCUT2D eigenvalue weighted by Gasteiger charge is 2.27. The van der Waals surface area contributed by atoms with Crippen LogP contribution >= 0.6 is 27.5 Å². The van der Waals surface area contributed by atoms with Crippen molar-refractivity contribution in [3.05, 3.63) is 56.6 Å². The number of hydrogen-bond acceptors (Lipinski definition) is 5. The van der Waals surface area contributed by atoms with E-state index in [9.17, 15) is 9.59 Å². The molecule has 1 aliphatic rings. The third-order valence-electron chi connectivity index (χ3n) is 4.83. The molecule has 1 unspecified atom stereocenters. The fourth-order valence-electron chi connectivity index (χ4n) is 3.45. The van der Waals surface area contributed by atoms with E-state index >= 15 is 0 Å². The number of pyridine rings is 1. The molecule has 0 aliphatic carbocycles. The molecule has 28 heavy (non-hydrogen) atoms. The van der Waals surface area contributed by atoms with Crippen LogP contribution in [0.25, 0.3) is 11.1 Å². The zero-order valence-electron chi connectivity index (χ0n) is 14.9. The van der Waals surface area contributed by atoms with E-state index in [4.69, 9.17) is 16.0 Å².